The summed E-state index contributed by atoms with van der Waals surface area (Å²) >= 11 is 0. The standard InChI is InChI=1S/C16H23N3O2/c1-4-8-15-18-12-9-6-7-10-14(12)19(15)11-13(17-3)16(20)21-5-2/h6-7,9-10,13,17H,4-5,8,11H2,1-3H3. The molecular formula is C16H23N3O2. The number of aryl methyl sites for hydroxylation is 1. The molecule has 1 N–H and O–H groups in total. The van der Waals surface area contributed by atoms with Gasteiger partial charge in [-0.3, -0.25) is 4.79 Å². The van der Waals surface area contributed by atoms with Crippen LogP contribution in [0.4, 0.5) is 0 Å². The summed E-state index contributed by atoms with van der Waals surface area (Å²) in [4.78, 5) is 16.7. The van der Waals surface area contributed by atoms with Crippen LogP contribution in [0.15, 0.2) is 24.3 Å². The lowest BCUT2D eigenvalue weighted by molar-refractivity contribution is -0.145. The number of hydrogen-bond acceptors (Lipinski definition) is 4. The molecule has 0 aliphatic rings. The lowest BCUT2D eigenvalue weighted by Crippen LogP contribution is -2.39. The minimum Gasteiger partial charge on any atom is -0.465 e. The first-order chi connectivity index (χ1) is 10.2. The number of carbonyl (C=O) groups is 1. The Labute approximate surface area is 125 Å². The zero-order valence-corrected chi connectivity index (χ0v) is 12.9. The van der Waals surface area contributed by atoms with E-state index < -0.39 is 0 Å². The van der Waals surface area contributed by atoms with Crippen molar-refractivity contribution in [1.29, 1.82) is 0 Å². The van der Waals surface area contributed by atoms with Gasteiger partial charge >= 0.3 is 5.97 Å². The minimum atomic E-state index is -0.363. The third-order valence-electron chi connectivity index (χ3n) is 3.49. The normalized spacial score (nSPS) is 12.5. The smallest absolute Gasteiger partial charge is 0.324 e. The molecule has 114 valence electrons. The second-order valence-corrected chi connectivity index (χ2v) is 4.97. The molecule has 2 aromatic rings. The van der Waals surface area contributed by atoms with Gasteiger partial charge < -0.3 is 14.6 Å². The van der Waals surface area contributed by atoms with Crippen LogP contribution in [0.25, 0.3) is 11.0 Å². The third-order valence-corrected chi connectivity index (χ3v) is 3.49. The lowest BCUT2D eigenvalue weighted by atomic mass is 10.2. The first kappa shape index (κ1) is 15.5. The van der Waals surface area contributed by atoms with Crippen LogP contribution in [0.1, 0.15) is 26.1 Å². The Morgan fingerprint density at radius 3 is 2.81 bits per heavy atom. The third kappa shape index (κ3) is 3.42. The molecule has 1 unspecified atom stereocenters. The zero-order chi connectivity index (χ0) is 15.2. The lowest BCUT2D eigenvalue weighted by Gasteiger charge is -2.17. The monoisotopic (exact) mass is 289 g/mol. The average Bonchev–Trinajstić information content (AvgIpc) is 2.83. The van der Waals surface area contributed by atoms with E-state index in [1.54, 1.807) is 7.05 Å². The van der Waals surface area contributed by atoms with E-state index in [1.165, 1.54) is 0 Å². The Bertz CT molecular complexity index is 607. The molecule has 0 aliphatic heterocycles. The van der Waals surface area contributed by atoms with Gasteiger partial charge in [0.25, 0.3) is 0 Å². The van der Waals surface area contributed by atoms with E-state index >= 15 is 0 Å². The highest BCUT2D eigenvalue weighted by Crippen LogP contribution is 2.18. The number of nitrogens with zero attached hydrogens (tertiary/aromatic N) is 2. The van der Waals surface area contributed by atoms with Gasteiger partial charge in [0.1, 0.15) is 11.9 Å². The molecule has 0 fully saturated rings. The van der Waals surface area contributed by atoms with Gasteiger partial charge in [0, 0.05) is 6.42 Å². The van der Waals surface area contributed by atoms with Crippen molar-refractivity contribution in [3.63, 3.8) is 0 Å². The van der Waals surface area contributed by atoms with Crippen molar-refractivity contribution in [2.75, 3.05) is 13.7 Å². The number of ether oxygens (including phenoxy) is 1. The molecule has 0 bridgehead atoms. The van der Waals surface area contributed by atoms with Gasteiger partial charge in [-0.2, -0.15) is 0 Å². The zero-order valence-electron chi connectivity index (χ0n) is 12.9. The molecule has 21 heavy (non-hydrogen) atoms. The van der Waals surface area contributed by atoms with Crippen molar-refractivity contribution in [3.8, 4) is 0 Å². The van der Waals surface area contributed by atoms with Crippen molar-refractivity contribution in [2.45, 2.75) is 39.3 Å². The van der Waals surface area contributed by atoms with Crippen LogP contribution in [0.2, 0.25) is 0 Å². The Kier molecular flexibility index (Phi) is 5.33. The molecule has 0 amide bonds. The van der Waals surface area contributed by atoms with E-state index in [0.29, 0.717) is 13.2 Å². The van der Waals surface area contributed by atoms with Crippen molar-refractivity contribution >= 4 is 17.0 Å². The molecule has 0 radical (unpaired) electrons. The molecular weight excluding hydrogens is 266 g/mol. The van der Waals surface area contributed by atoms with E-state index in [1.807, 2.05) is 31.2 Å². The molecule has 1 atom stereocenters. The Hall–Kier alpha value is -1.88. The summed E-state index contributed by atoms with van der Waals surface area (Å²) in [5.74, 6) is 0.795. The Balaban J connectivity index is 2.34. The van der Waals surface area contributed by atoms with Gasteiger partial charge in [0.15, 0.2) is 0 Å². The quantitative estimate of drug-likeness (QED) is 0.793. The number of hydrogen-bond donors (Lipinski definition) is 1. The molecule has 0 aliphatic carbocycles. The van der Waals surface area contributed by atoms with E-state index in [4.69, 9.17) is 4.74 Å². The number of nitrogens with one attached hydrogen (secondary N) is 1. The number of imidazole rings is 1. The minimum absolute atomic E-state index is 0.222. The molecule has 0 saturated heterocycles. The van der Waals surface area contributed by atoms with Gasteiger partial charge in [0.05, 0.1) is 24.2 Å². The first-order valence-corrected chi connectivity index (χ1v) is 7.49. The van der Waals surface area contributed by atoms with Gasteiger partial charge in [-0.05, 0) is 32.5 Å². The number of para-hydroxylation sites is 2. The molecule has 0 spiro atoms. The predicted octanol–water partition coefficient (Wildman–Crippen LogP) is 2.14. The highest BCUT2D eigenvalue weighted by Gasteiger charge is 2.21. The van der Waals surface area contributed by atoms with Crippen LogP contribution >= 0.6 is 0 Å². The molecule has 2 rings (SSSR count). The maximum atomic E-state index is 12.0. The largest absolute Gasteiger partial charge is 0.465 e. The fourth-order valence-corrected chi connectivity index (χ4v) is 2.45. The molecule has 5 nitrogen and oxygen atoms in total. The number of benzene rings is 1. The summed E-state index contributed by atoms with van der Waals surface area (Å²) in [5, 5.41) is 3.04. The number of aromatic nitrogens is 2. The number of rotatable bonds is 7. The van der Waals surface area contributed by atoms with Crippen LogP contribution in [-0.2, 0) is 22.5 Å². The number of fused-ring (bicyclic) bond motifs is 1. The number of esters is 1. The molecule has 1 heterocycles. The number of carbonyl (C=O) groups excluding carboxylic acids is 1. The summed E-state index contributed by atoms with van der Waals surface area (Å²) in [6.07, 6.45) is 1.92. The van der Waals surface area contributed by atoms with E-state index in [0.717, 1.165) is 29.7 Å². The Morgan fingerprint density at radius 2 is 2.14 bits per heavy atom. The van der Waals surface area contributed by atoms with Crippen LogP contribution < -0.4 is 5.32 Å². The summed E-state index contributed by atoms with van der Waals surface area (Å²) in [7, 11) is 1.78. The maximum absolute atomic E-state index is 12.0. The van der Waals surface area contributed by atoms with Gasteiger partial charge in [0.2, 0.25) is 0 Å². The Morgan fingerprint density at radius 1 is 1.38 bits per heavy atom. The van der Waals surface area contributed by atoms with Gasteiger partial charge in [-0.15, -0.1) is 0 Å². The second kappa shape index (κ2) is 7.22. The molecule has 5 heteroatoms. The summed E-state index contributed by atoms with van der Waals surface area (Å²) in [6.45, 7) is 4.87. The van der Waals surface area contributed by atoms with E-state index in [9.17, 15) is 4.79 Å². The van der Waals surface area contributed by atoms with Crippen molar-refractivity contribution < 1.29 is 9.53 Å². The van der Waals surface area contributed by atoms with Gasteiger partial charge in [-0.1, -0.05) is 19.1 Å². The molecule has 0 saturated carbocycles. The van der Waals surface area contributed by atoms with E-state index in [2.05, 4.69) is 21.8 Å². The summed E-state index contributed by atoms with van der Waals surface area (Å²) in [6, 6.07) is 7.66. The predicted molar refractivity (Wildman–Crippen MR) is 83.2 cm³/mol. The van der Waals surface area contributed by atoms with Gasteiger partial charge in [-0.25, -0.2) is 4.98 Å². The van der Waals surface area contributed by atoms with Crippen molar-refractivity contribution in [1.82, 2.24) is 14.9 Å². The van der Waals surface area contributed by atoms with Crippen LogP contribution in [0.3, 0.4) is 0 Å². The second-order valence-electron chi connectivity index (χ2n) is 4.97. The molecule has 1 aromatic carbocycles. The summed E-state index contributed by atoms with van der Waals surface area (Å²) in [5.41, 5.74) is 2.03. The SMILES string of the molecule is CCCc1nc2ccccc2n1CC(NC)C(=O)OCC. The average molecular weight is 289 g/mol. The highest BCUT2D eigenvalue weighted by atomic mass is 16.5. The first-order valence-electron chi connectivity index (χ1n) is 7.49. The van der Waals surface area contributed by atoms with Crippen molar-refractivity contribution in [2.24, 2.45) is 0 Å². The topological polar surface area (TPSA) is 56.2 Å². The fourth-order valence-electron chi connectivity index (χ4n) is 2.45. The van der Waals surface area contributed by atoms with Crippen molar-refractivity contribution in [3.05, 3.63) is 30.1 Å². The van der Waals surface area contributed by atoms with Crippen LogP contribution in [0.5, 0.6) is 0 Å². The highest BCUT2D eigenvalue weighted by molar-refractivity contribution is 5.78. The summed E-state index contributed by atoms with van der Waals surface area (Å²) < 4.78 is 7.24. The van der Waals surface area contributed by atoms with E-state index in [-0.39, 0.29) is 12.0 Å². The van der Waals surface area contributed by atoms with Crippen LogP contribution in [0, 0.1) is 0 Å². The number of likely N-dealkylation sites (N-methyl/N-ethyl adjacent to an activating group) is 1. The fraction of sp³-hybridized carbons (Fsp3) is 0.500. The maximum Gasteiger partial charge on any atom is 0.324 e. The molecule has 1 aromatic heterocycles. The van der Waals surface area contributed by atoms with Crippen LogP contribution in [-0.4, -0.2) is 35.2 Å².